The van der Waals surface area contributed by atoms with Gasteiger partial charge in [-0.1, -0.05) is 0 Å². The molecule has 0 radical (unpaired) electrons. The summed E-state index contributed by atoms with van der Waals surface area (Å²) in [5.74, 6) is 1.69. The number of thiocarbonyl (C=S) groups is 1. The van der Waals surface area contributed by atoms with E-state index in [4.69, 9.17) is 21.7 Å². The van der Waals surface area contributed by atoms with Crippen LogP contribution in [0.4, 0.5) is 11.4 Å². The molecule has 0 saturated heterocycles. The third-order valence-electron chi connectivity index (χ3n) is 6.25. The fraction of sp³-hybridized carbons (Fsp3) is 0.114. The molecule has 0 aliphatic rings. The molecule has 6 heteroatoms. The van der Waals surface area contributed by atoms with E-state index in [0.29, 0.717) is 18.3 Å². The van der Waals surface area contributed by atoms with Crippen molar-refractivity contribution < 1.29 is 9.47 Å². The van der Waals surface area contributed by atoms with E-state index in [1.807, 2.05) is 62.4 Å². The van der Waals surface area contributed by atoms with Gasteiger partial charge in [0.25, 0.3) is 0 Å². The molecule has 41 heavy (non-hydrogen) atoms. The molecule has 0 aliphatic carbocycles. The molecule has 0 aliphatic heterocycles. The van der Waals surface area contributed by atoms with E-state index in [0.717, 1.165) is 22.9 Å². The molecule has 4 nitrogen and oxygen atoms in total. The van der Waals surface area contributed by atoms with Gasteiger partial charge in [-0.3, -0.25) is 0 Å². The normalized spacial score (nSPS) is 10.2. The van der Waals surface area contributed by atoms with Crippen molar-refractivity contribution in [3.63, 3.8) is 0 Å². The van der Waals surface area contributed by atoms with Crippen molar-refractivity contribution in [2.45, 2.75) is 13.8 Å². The Balaban J connectivity index is 0.000000191. The van der Waals surface area contributed by atoms with Gasteiger partial charge in [-0.25, -0.2) is 0 Å². The van der Waals surface area contributed by atoms with Crippen LogP contribution in [0.25, 0.3) is 0 Å². The molecule has 0 saturated carbocycles. The van der Waals surface area contributed by atoms with Crippen LogP contribution in [-0.4, -0.2) is 38.1 Å². The first-order valence-corrected chi connectivity index (χ1v) is 19.2. The third-order valence-corrected chi connectivity index (χ3v) is 15.5. The molecular weight excluding hydrogens is 631 g/mol. The van der Waals surface area contributed by atoms with E-state index in [9.17, 15) is 0 Å². The fourth-order valence-electron chi connectivity index (χ4n) is 4.41. The summed E-state index contributed by atoms with van der Waals surface area (Å²) in [4.78, 5) is 0. The zero-order valence-corrected chi connectivity index (χ0v) is 27.6. The van der Waals surface area contributed by atoms with E-state index in [-0.39, 0.29) is 0 Å². The molecule has 0 amide bonds. The molecule has 2 N–H and O–H groups in total. The summed E-state index contributed by atoms with van der Waals surface area (Å²) in [5.41, 5.74) is 1.82. The van der Waals surface area contributed by atoms with Gasteiger partial charge in [0.1, 0.15) is 11.5 Å². The summed E-state index contributed by atoms with van der Waals surface area (Å²) < 4.78 is 15.4. The maximum absolute atomic E-state index is 5.40. The van der Waals surface area contributed by atoms with Crippen LogP contribution in [0, 0.1) is 0 Å². The quantitative estimate of drug-likeness (QED) is 0.144. The van der Waals surface area contributed by atoms with Crippen LogP contribution in [-0.2, 0) is 0 Å². The van der Waals surface area contributed by atoms with Crippen molar-refractivity contribution in [1.82, 2.24) is 0 Å². The van der Waals surface area contributed by atoms with Crippen molar-refractivity contribution >= 4 is 59.2 Å². The summed E-state index contributed by atoms with van der Waals surface area (Å²) in [6.45, 7) is 5.24. The van der Waals surface area contributed by atoms with E-state index >= 15 is 0 Å². The Bertz CT molecular complexity index is 1300. The number of ether oxygens (including phenoxy) is 2. The third kappa shape index (κ3) is 9.66. The second-order valence-electron chi connectivity index (χ2n) is 9.16. The van der Waals surface area contributed by atoms with E-state index in [1.54, 1.807) is 10.7 Å². The minimum absolute atomic E-state index is 0.535. The zero-order chi connectivity index (χ0) is 28.7. The van der Waals surface area contributed by atoms with Gasteiger partial charge in [-0.05, 0) is 74.6 Å². The monoisotopic (exact) mass is 668 g/mol. The number of hydrogen-bond acceptors (Lipinski definition) is 3. The second-order valence-corrected chi connectivity index (χ2v) is 17.7. The van der Waals surface area contributed by atoms with Crippen molar-refractivity contribution in [3.05, 3.63) is 140 Å². The van der Waals surface area contributed by atoms with Crippen molar-refractivity contribution in [1.29, 1.82) is 0 Å². The molecular formula is C35H36N2O2SSn. The SMILES string of the molecule is CCOc1ccc(NC(=S)Nc2ccc(OCC)cc2)cc1.c1cc[c]([SnH]([c]2ccccc2)[c]2ccccc2)cc1. The average Bonchev–Trinajstić information content (AvgIpc) is 3.02. The van der Waals surface area contributed by atoms with Crippen molar-refractivity contribution in [2.24, 2.45) is 0 Å². The molecule has 0 heterocycles. The van der Waals surface area contributed by atoms with Crippen LogP contribution in [0.2, 0.25) is 0 Å². The first-order chi connectivity index (χ1) is 20.2. The van der Waals surface area contributed by atoms with Crippen LogP contribution in [0.1, 0.15) is 13.8 Å². The second kappa shape index (κ2) is 16.5. The predicted octanol–water partition coefficient (Wildman–Crippen LogP) is 6.23. The van der Waals surface area contributed by atoms with Gasteiger partial charge in [0.15, 0.2) is 5.11 Å². The molecule has 208 valence electrons. The Labute approximate surface area is 256 Å². The zero-order valence-electron chi connectivity index (χ0n) is 23.5. The van der Waals surface area contributed by atoms with Crippen molar-refractivity contribution in [3.8, 4) is 11.5 Å². The van der Waals surface area contributed by atoms with Crippen LogP contribution in [0.5, 0.6) is 11.5 Å². The summed E-state index contributed by atoms with van der Waals surface area (Å²) in [6, 6.07) is 48.3. The van der Waals surface area contributed by atoms with Gasteiger partial charge in [0.05, 0.1) is 13.2 Å². The molecule has 0 aromatic heterocycles. The van der Waals surface area contributed by atoms with Gasteiger partial charge in [-0.2, -0.15) is 0 Å². The summed E-state index contributed by atoms with van der Waals surface area (Å²) in [7, 11) is 0. The molecule has 0 atom stereocenters. The number of rotatable bonds is 9. The molecule has 0 unspecified atom stereocenters. The molecule has 5 aromatic carbocycles. The molecule has 5 aromatic rings. The van der Waals surface area contributed by atoms with Gasteiger partial charge >= 0.3 is 121 Å². The van der Waals surface area contributed by atoms with Crippen LogP contribution < -0.4 is 30.8 Å². The Hall–Kier alpha value is -3.81. The van der Waals surface area contributed by atoms with Gasteiger partial charge in [0.2, 0.25) is 0 Å². The first kappa shape index (κ1) is 30.2. The topological polar surface area (TPSA) is 42.5 Å². The summed E-state index contributed by atoms with van der Waals surface area (Å²) in [5, 5.41) is 6.80. The van der Waals surface area contributed by atoms with E-state index in [1.165, 1.54) is 0 Å². The predicted molar refractivity (Wildman–Crippen MR) is 180 cm³/mol. The summed E-state index contributed by atoms with van der Waals surface area (Å²) >= 11 is 3.16. The Morgan fingerprint density at radius 2 is 0.829 bits per heavy atom. The number of anilines is 2. The number of hydrogen-bond donors (Lipinski definition) is 2. The van der Waals surface area contributed by atoms with E-state index in [2.05, 4.69) is 102 Å². The summed E-state index contributed by atoms with van der Waals surface area (Å²) in [6.07, 6.45) is 0. The van der Waals surface area contributed by atoms with Crippen LogP contribution >= 0.6 is 12.2 Å². The average molecular weight is 667 g/mol. The Kier molecular flexibility index (Phi) is 12.1. The van der Waals surface area contributed by atoms with Crippen LogP contribution in [0.15, 0.2) is 140 Å². The first-order valence-electron chi connectivity index (χ1n) is 13.8. The molecule has 0 bridgehead atoms. The van der Waals surface area contributed by atoms with Crippen LogP contribution in [0.3, 0.4) is 0 Å². The molecule has 0 fully saturated rings. The van der Waals surface area contributed by atoms with E-state index < -0.39 is 19.8 Å². The Morgan fingerprint density at radius 1 is 0.512 bits per heavy atom. The van der Waals surface area contributed by atoms with Gasteiger partial charge in [0, 0.05) is 11.4 Å². The van der Waals surface area contributed by atoms with Gasteiger partial charge in [-0.15, -0.1) is 0 Å². The Morgan fingerprint density at radius 3 is 1.12 bits per heavy atom. The minimum atomic E-state index is -2.14. The number of nitrogens with one attached hydrogen (secondary N) is 2. The van der Waals surface area contributed by atoms with Crippen molar-refractivity contribution in [2.75, 3.05) is 23.8 Å². The number of benzene rings is 5. The maximum atomic E-state index is 5.40. The van der Waals surface area contributed by atoms with Gasteiger partial charge < -0.3 is 20.1 Å². The standard InChI is InChI=1S/C17H20N2O2S.3C6H5.Sn.H/c1-3-20-15-9-5-13(6-10-15)18-17(22)19-14-7-11-16(12-8-14)21-4-2;3*1-2-4-6-5-3-1;;/h5-12H,3-4H2,1-2H3,(H2,18,19,22);3*1-5H;;. The molecule has 0 spiro atoms. The fourth-order valence-corrected chi connectivity index (χ4v) is 13.1. The molecule has 5 rings (SSSR count).